The number of ether oxygens (including phenoxy) is 1. The number of carbonyl (C=O) groups excluding carboxylic acids is 1. The second kappa shape index (κ2) is 11.3. The fraction of sp³-hybridized carbons (Fsp3) is 0.588. The third-order valence-electron chi connectivity index (χ3n) is 3.65. The van der Waals surface area contributed by atoms with Crippen LogP contribution in [-0.4, -0.2) is 26.3 Å². The molecular formula is C17H26ClNO4S. The van der Waals surface area contributed by atoms with Crippen molar-refractivity contribution in [2.24, 2.45) is 0 Å². The zero-order valence-corrected chi connectivity index (χ0v) is 15.6. The Morgan fingerprint density at radius 1 is 1.17 bits per heavy atom. The summed E-state index contributed by atoms with van der Waals surface area (Å²) in [6.45, 7) is 2.31. The average Bonchev–Trinajstić information content (AvgIpc) is 2.54. The minimum Gasteiger partial charge on any atom is -0.445 e. The van der Waals surface area contributed by atoms with Crippen LogP contribution in [-0.2, 0) is 20.4 Å². The molecule has 0 saturated heterocycles. The summed E-state index contributed by atoms with van der Waals surface area (Å²) in [7, 11) is 1.70. The minimum atomic E-state index is -3.57. The van der Waals surface area contributed by atoms with E-state index in [2.05, 4.69) is 12.2 Å². The van der Waals surface area contributed by atoms with Gasteiger partial charge in [-0.3, -0.25) is 0 Å². The van der Waals surface area contributed by atoms with Gasteiger partial charge in [0.2, 0.25) is 9.05 Å². The van der Waals surface area contributed by atoms with Crippen molar-refractivity contribution in [1.82, 2.24) is 5.32 Å². The topological polar surface area (TPSA) is 72.5 Å². The van der Waals surface area contributed by atoms with Crippen molar-refractivity contribution in [3.8, 4) is 0 Å². The number of hydrogen-bond donors (Lipinski definition) is 1. The fourth-order valence-corrected chi connectivity index (χ4v) is 3.15. The predicted octanol–water partition coefficient (Wildman–Crippen LogP) is 4.21. The van der Waals surface area contributed by atoms with Crippen molar-refractivity contribution in [3.05, 3.63) is 35.9 Å². The van der Waals surface area contributed by atoms with Gasteiger partial charge in [-0.2, -0.15) is 0 Å². The zero-order valence-electron chi connectivity index (χ0n) is 14.0. The number of rotatable bonds is 11. The normalized spacial score (nSPS) is 12.6. The zero-order chi connectivity index (χ0) is 17.8. The molecule has 1 rings (SSSR count). The maximum Gasteiger partial charge on any atom is 0.407 e. The Kier molecular flexibility index (Phi) is 9.79. The molecule has 0 spiro atoms. The third kappa shape index (κ3) is 10.5. The number of amides is 1. The molecule has 1 amide bonds. The molecule has 0 saturated carbocycles. The molecule has 1 N–H and O–H groups in total. The first kappa shape index (κ1) is 20.8. The highest BCUT2D eigenvalue weighted by Gasteiger charge is 2.16. The summed E-state index contributed by atoms with van der Waals surface area (Å²) in [5.41, 5.74) is 0.899. The van der Waals surface area contributed by atoms with Crippen molar-refractivity contribution >= 4 is 25.8 Å². The number of nitrogens with one attached hydrogen (secondary N) is 1. The van der Waals surface area contributed by atoms with Crippen molar-refractivity contribution in [1.29, 1.82) is 0 Å². The molecule has 1 aromatic rings. The smallest absolute Gasteiger partial charge is 0.407 e. The van der Waals surface area contributed by atoms with Gasteiger partial charge in [0.05, 0.1) is 5.75 Å². The molecule has 0 aliphatic heterocycles. The lowest BCUT2D eigenvalue weighted by atomic mass is 10.1. The maximum atomic E-state index is 11.9. The van der Waals surface area contributed by atoms with Gasteiger partial charge in [-0.1, -0.05) is 62.9 Å². The highest BCUT2D eigenvalue weighted by Crippen LogP contribution is 2.11. The summed E-state index contributed by atoms with van der Waals surface area (Å²) >= 11 is 0. The molecular weight excluding hydrogens is 350 g/mol. The molecule has 0 aliphatic rings. The lowest BCUT2D eigenvalue weighted by molar-refractivity contribution is 0.134. The van der Waals surface area contributed by atoms with Gasteiger partial charge in [0.1, 0.15) is 6.61 Å². The second-order valence-corrected chi connectivity index (χ2v) is 8.68. The second-order valence-electron chi connectivity index (χ2n) is 5.78. The van der Waals surface area contributed by atoms with Crippen LogP contribution >= 0.6 is 10.7 Å². The van der Waals surface area contributed by atoms with Gasteiger partial charge in [-0.15, -0.1) is 0 Å². The molecule has 0 fully saturated rings. The van der Waals surface area contributed by atoms with Crippen LogP contribution in [0.25, 0.3) is 0 Å². The summed E-state index contributed by atoms with van der Waals surface area (Å²) < 4.78 is 27.4. The average molecular weight is 376 g/mol. The summed E-state index contributed by atoms with van der Waals surface area (Å²) in [6.07, 6.45) is 4.70. The first-order chi connectivity index (χ1) is 11.4. The SMILES string of the molecule is CCCCCC[C@H](CCS(=O)(=O)Cl)NC(=O)OCc1ccccc1. The van der Waals surface area contributed by atoms with E-state index < -0.39 is 15.1 Å². The number of hydrogen-bond acceptors (Lipinski definition) is 4. The molecule has 0 heterocycles. The predicted molar refractivity (Wildman–Crippen MR) is 96.6 cm³/mol. The molecule has 136 valence electrons. The van der Waals surface area contributed by atoms with Gasteiger partial charge in [-0.05, 0) is 18.4 Å². The Hall–Kier alpha value is -1.27. The van der Waals surface area contributed by atoms with Crippen molar-refractivity contribution in [2.45, 2.75) is 58.1 Å². The van der Waals surface area contributed by atoms with E-state index in [-0.39, 0.29) is 18.4 Å². The van der Waals surface area contributed by atoms with E-state index in [1.165, 1.54) is 0 Å². The molecule has 24 heavy (non-hydrogen) atoms. The van der Waals surface area contributed by atoms with Crippen molar-refractivity contribution in [2.75, 3.05) is 5.75 Å². The Morgan fingerprint density at radius 2 is 1.88 bits per heavy atom. The third-order valence-corrected chi connectivity index (χ3v) is 4.84. The van der Waals surface area contributed by atoms with Crippen LogP contribution in [0, 0.1) is 0 Å². The standard InChI is InChI=1S/C17H26ClNO4S/c1-2-3-4-8-11-16(12-13-24(18,21)22)19-17(20)23-14-15-9-6-5-7-10-15/h5-7,9-10,16H,2-4,8,11-14H2,1H3,(H,19,20)/t16-/m1/s1. The lowest BCUT2D eigenvalue weighted by Gasteiger charge is -2.18. The minimum absolute atomic E-state index is 0.161. The van der Waals surface area contributed by atoms with E-state index in [1.807, 2.05) is 30.3 Å². The summed E-state index contributed by atoms with van der Waals surface area (Å²) in [4.78, 5) is 11.9. The quantitative estimate of drug-likeness (QED) is 0.464. The Balaban J connectivity index is 2.43. The van der Waals surface area contributed by atoms with Crippen molar-refractivity contribution < 1.29 is 17.9 Å². The first-order valence-electron chi connectivity index (χ1n) is 8.30. The summed E-state index contributed by atoms with van der Waals surface area (Å²) in [6, 6.07) is 9.13. The van der Waals surface area contributed by atoms with Crippen LogP contribution in [0.4, 0.5) is 4.79 Å². The molecule has 0 bridgehead atoms. The highest BCUT2D eigenvalue weighted by atomic mass is 35.7. The monoisotopic (exact) mass is 375 g/mol. The molecule has 0 aromatic heterocycles. The number of halogens is 1. The van der Waals surface area contributed by atoms with Gasteiger partial charge in [0, 0.05) is 16.7 Å². The Labute approximate surface area is 149 Å². The lowest BCUT2D eigenvalue weighted by Crippen LogP contribution is -2.36. The van der Waals surface area contributed by atoms with Crippen LogP contribution in [0.2, 0.25) is 0 Å². The highest BCUT2D eigenvalue weighted by molar-refractivity contribution is 8.13. The van der Waals surface area contributed by atoms with E-state index in [0.717, 1.165) is 31.2 Å². The van der Waals surface area contributed by atoms with Gasteiger partial charge in [0.15, 0.2) is 0 Å². The molecule has 0 aliphatic carbocycles. The van der Waals surface area contributed by atoms with E-state index in [1.54, 1.807) is 0 Å². The maximum absolute atomic E-state index is 11.9. The van der Waals surface area contributed by atoms with Crippen LogP contribution in [0.1, 0.15) is 51.0 Å². The molecule has 0 unspecified atom stereocenters. The number of alkyl carbamates (subject to hydrolysis) is 1. The summed E-state index contributed by atoms with van der Waals surface area (Å²) in [5.74, 6) is -0.161. The van der Waals surface area contributed by atoms with Gasteiger partial charge in [-0.25, -0.2) is 13.2 Å². The van der Waals surface area contributed by atoms with Gasteiger partial charge in [0.25, 0.3) is 0 Å². The molecule has 5 nitrogen and oxygen atoms in total. The number of unbranched alkanes of at least 4 members (excludes halogenated alkanes) is 3. The summed E-state index contributed by atoms with van der Waals surface area (Å²) in [5, 5.41) is 2.75. The van der Waals surface area contributed by atoms with Gasteiger partial charge < -0.3 is 10.1 Å². The van der Waals surface area contributed by atoms with Gasteiger partial charge >= 0.3 is 6.09 Å². The number of carbonyl (C=O) groups is 1. The molecule has 1 atom stereocenters. The van der Waals surface area contributed by atoms with E-state index in [0.29, 0.717) is 12.8 Å². The van der Waals surface area contributed by atoms with E-state index in [9.17, 15) is 13.2 Å². The molecule has 0 radical (unpaired) electrons. The first-order valence-corrected chi connectivity index (χ1v) is 10.8. The largest absolute Gasteiger partial charge is 0.445 e. The molecule has 1 aromatic carbocycles. The van der Waals surface area contributed by atoms with Crippen LogP contribution in [0.15, 0.2) is 30.3 Å². The Bertz CT molecular complexity index is 578. The Morgan fingerprint density at radius 3 is 2.50 bits per heavy atom. The van der Waals surface area contributed by atoms with Crippen molar-refractivity contribution in [3.63, 3.8) is 0 Å². The fourth-order valence-electron chi connectivity index (χ4n) is 2.32. The molecule has 7 heteroatoms. The van der Waals surface area contributed by atoms with Crippen LogP contribution in [0.3, 0.4) is 0 Å². The van der Waals surface area contributed by atoms with Crippen LogP contribution in [0.5, 0.6) is 0 Å². The number of benzene rings is 1. The van der Waals surface area contributed by atoms with E-state index >= 15 is 0 Å². The van der Waals surface area contributed by atoms with Crippen LogP contribution < -0.4 is 5.32 Å². The van der Waals surface area contributed by atoms with E-state index in [4.69, 9.17) is 15.4 Å².